The highest BCUT2D eigenvalue weighted by molar-refractivity contribution is 9.10. The molecule has 0 radical (unpaired) electrons. The van der Waals surface area contributed by atoms with Crippen LogP contribution in [0.25, 0.3) is 0 Å². The lowest BCUT2D eigenvalue weighted by Crippen LogP contribution is -2.23. The Kier molecular flexibility index (Phi) is 4.50. The third-order valence-corrected chi connectivity index (χ3v) is 3.83. The van der Waals surface area contributed by atoms with Gasteiger partial charge in [0.05, 0.1) is 13.0 Å². The highest BCUT2D eigenvalue weighted by Gasteiger charge is 2.20. The summed E-state index contributed by atoms with van der Waals surface area (Å²) >= 11 is 3.49. The topological polar surface area (TPSA) is 52.3 Å². The molecule has 88 valence electrons. The Balaban J connectivity index is 3.16. The molecule has 2 N–H and O–H groups in total. The van der Waals surface area contributed by atoms with Gasteiger partial charge in [-0.1, -0.05) is 28.1 Å². The normalized spacial score (nSPS) is 12.3. The first kappa shape index (κ1) is 13.2. The van der Waals surface area contributed by atoms with Crippen LogP contribution in [0.2, 0.25) is 0 Å². The van der Waals surface area contributed by atoms with E-state index >= 15 is 0 Å². The molecule has 16 heavy (non-hydrogen) atoms. The Morgan fingerprint density at radius 2 is 1.94 bits per heavy atom. The SMILES string of the molecule is COC(=O)C(CN)c1cc(C)c(Br)c(C)c1. The second-order valence-electron chi connectivity index (χ2n) is 3.78. The molecule has 0 aliphatic rings. The van der Waals surface area contributed by atoms with Gasteiger partial charge in [0, 0.05) is 11.0 Å². The largest absolute Gasteiger partial charge is 0.469 e. The van der Waals surface area contributed by atoms with Gasteiger partial charge in [0.15, 0.2) is 0 Å². The number of carbonyl (C=O) groups excluding carboxylic acids is 1. The molecule has 1 atom stereocenters. The molecule has 0 spiro atoms. The number of aryl methyl sites for hydroxylation is 2. The summed E-state index contributed by atoms with van der Waals surface area (Å²) in [6, 6.07) is 3.93. The van der Waals surface area contributed by atoms with Crippen molar-refractivity contribution in [2.45, 2.75) is 19.8 Å². The predicted octanol–water partition coefficient (Wildman–Crippen LogP) is 2.28. The van der Waals surface area contributed by atoms with Crippen LogP contribution in [0, 0.1) is 13.8 Å². The molecule has 0 saturated heterocycles. The monoisotopic (exact) mass is 285 g/mol. The van der Waals surface area contributed by atoms with Gasteiger partial charge in [-0.3, -0.25) is 4.79 Å². The molecule has 1 aromatic carbocycles. The first-order chi connectivity index (χ1) is 7.51. The Morgan fingerprint density at radius 3 is 2.31 bits per heavy atom. The summed E-state index contributed by atoms with van der Waals surface area (Å²) in [7, 11) is 1.38. The van der Waals surface area contributed by atoms with Gasteiger partial charge >= 0.3 is 5.97 Å². The molecule has 1 rings (SSSR count). The van der Waals surface area contributed by atoms with E-state index in [0.717, 1.165) is 21.2 Å². The Hall–Kier alpha value is -0.870. The molecule has 0 aromatic heterocycles. The highest BCUT2D eigenvalue weighted by atomic mass is 79.9. The Morgan fingerprint density at radius 1 is 1.44 bits per heavy atom. The Bertz CT molecular complexity index is 381. The van der Waals surface area contributed by atoms with E-state index in [2.05, 4.69) is 15.9 Å². The summed E-state index contributed by atoms with van der Waals surface area (Å²) < 4.78 is 5.80. The fraction of sp³-hybridized carbons (Fsp3) is 0.417. The first-order valence-electron chi connectivity index (χ1n) is 5.05. The fourth-order valence-corrected chi connectivity index (χ4v) is 1.92. The van der Waals surface area contributed by atoms with Crippen LogP contribution in [-0.4, -0.2) is 19.6 Å². The maximum atomic E-state index is 11.5. The van der Waals surface area contributed by atoms with Crippen molar-refractivity contribution in [1.82, 2.24) is 0 Å². The zero-order valence-corrected chi connectivity index (χ0v) is 11.3. The van der Waals surface area contributed by atoms with Gasteiger partial charge in [0.2, 0.25) is 0 Å². The molecule has 1 unspecified atom stereocenters. The Labute approximate surface area is 104 Å². The van der Waals surface area contributed by atoms with Gasteiger partial charge in [-0.25, -0.2) is 0 Å². The van der Waals surface area contributed by atoms with Gasteiger partial charge in [-0.05, 0) is 30.5 Å². The van der Waals surface area contributed by atoms with E-state index in [4.69, 9.17) is 10.5 Å². The summed E-state index contributed by atoms with van der Waals surface area (Å²) in [5.41, 5.74) is 8.71. The van der Waals surface area contributed by atoms with Crippen LogP contribution in [0.1, 0.15) is 22.6 Å². The number of halogens is 1. The van der Waals surface area contributed by atoms with Gasteiger partial charge in [-0.2, -0.15) is 0 Å². The molecule has 0 heterocycles. The smallest absolute Gasteiger partial charge is 0.314 e. The minimum absolute atomic E-state index is 0.257. The number of hydrogen-bond acceptors (Lipinski definition) is 3. The maximum Gasteiger partial charge on any atom is 0.314 e. The zero-order valence-electron chi connectivity index (χ0n) is 9.71. The number of nitrogens with two attached hydrogens (primary N) is 1. The van der Waals surface area contributed by atoms with E-state index in [1.165, 1.54) is 7.11 Å². The van der Waals surface area contributed by atoms with Gasteiger partial charge in [0.1, 0.15) is 0 Å². The number of hydrogen-bond donors (Lipinski definition) is 1. The van der Waals surface area contributed by atoms with Crippen LogP contribution in [0.5, 0.6) is 0 Å². The number of methoxy groups -OCH3 is 1. The lowest BCUT2D eigenvalue weighted by atomic mass is 9.96. The van der Waals surface area contributed by atoms with Crippen LogP contribution in [0.15, 0.2) is 16.6 Å². The van der Waals surface area contributed by atoms with E-state index < -0.39 is 0 Å². The van der Waals surface area contributed by atoms with Crippen molar-refractivity contribution in [3.8, 4) is 0 Å². The second-order valence-corrected chi connectivity index (χ2v) is 4.57. The average Bonchev–Trinajstić information content (AvgIpc) is 2.26. The third-order valence-electron chi connectivity index (χ3n) is 2.58. The number of benzene rings is 1. The molecule has 3 nitrogen and oxygen atoms in total. The fourth-order valence-electron chi connectivity index (χ4n) is 1.69. The molecule has 0 amide bonds. The summed E-state index contributed by atoms with van der Waals surface area (Å²) in [5, 5.41) is 0. The lowest BCUT2D eigenvalue weighted by Gasteiger charge is -2.15. The van der Waals surface area contributed by atoms with Crippen LogP contribution in [-0.2, 0) is 9.53 Å². The molecule has 1 aromatic rings. The molecule has 0 aliphatic carbocycles. The molecule has 0 fully saturated rings. The van der Waals surface area contributed by atoms with Crippen molar-refractivity contribution < 1.29 is 9.53 Å². The van der Waals surface area contributed by atoms with Crippen molar-refractivity contribution in [2.24, 2.45) is 5.73 Å². The van der Waals surface area contributed by atoms with Gasteiger partial charge < -0.3 is 10.5 Å². The number of esters is 1. The minimum Gasteiger partial charge on any atom is -0.469 e. The number of ether oxygens (including phenoxy) is 1. The standard InChI is InChI=1S/C12H16BrNO2/c1-7-4-9(5-8(2)11(7)13)10(6-14)12(15)16-3/h4-5,10H,6,14H2,1-3H3. The van der Waals surface area contributed by atoms with Crippen molar-refractivity contribution in [3.05, 3.63) is 33.3 Å². The van der Waals surface area contributed by atoms with E-state index in [-0.39, 0.29) is 18.4 Å². The molecular weight excluding hydrogens is 270 g/mol. The van der Waals surface area contributed by atoms with E-state index in [1.54, 1.807) is 0 Å². The zero-order chi connectivity index (χ0) is 12.3. The average molecular weight is 286 g/mol. The molecule has 0 saturated carbocycles. The summed E-state index contributed by atoms with van der Waals surface area (Å²) in [6.45, 7) is 4.24. The quantitative estimate of drug-likeness (QED) is 0.867. The van der Waals surface area contributed by atoms with Crippen LogP contribution in [0.3, 0.4) is 0 Å². The number of rotatable bonds is 3. The van der Waals surface area contributed by atoms with Crippen molar-refractivity contribution >= 4 is 21.9 Å². The van der Waals surface area contributed by atoms with Crippen molar-refractivity contribution in [3.63, 3.8) is 0 Å². The van der Waals surface area contributed by atoms with Crippen LogP contribution < -0.4 is 5.73 Å². The first-order valence-corrected chi connectivity index (χ1v) is 5.85. The van der Waals surface area contributed by atoms with E-state index in [1.807, 2.05) is 26.0 Å². The van der Waals surface area contributed by atoms with E-state index in [9.17, 15) is 4.79 Å². The molecule has 4 heteroatoms. The minimum atomic E-state index is -0.379. The van der Waals surface area contributed by atoms with Crippen LogP contribution >= 0.6 is 15.9 Å². The van der Waals surface area contributed by atoms with Crippen LogP contribution in [0.4, 0.5) is 0 Å². The molecular formula is C12H16BrNO2. The summed E-state index contributed by atoms with van der Waals surface area (Å²) in [4.78, 5) is 11.5. The second kappa shape index (κ2) is 5.46. The van der Waals surface area contributed by atoms with E-state index in [0.29, 0.717) is 0 Å². The third kappa shape index (κ3) is 2.62. The molecule has 0 aliphatic heterocycles. The summed E-state index contributed by atoms with van der Waals surface area (Å²) in [5.74, 6) is -0.667. The predicted molar refractivity (Wildman–Crippen MR) is 67.4 cm³/mol. The summed E-state index contributed by atoms with van der Waals surface area (Å²) in [6.07, 6.45) is 0. The highest BCUT2D eigenvalue weighted by Crippen LogP contribution is 2.26. The van der Waals surface area contributed by atoms with Gasteiger partial charge in [0.25, 0.3) is 0 Å². The van der Waals surface area contributed by atoms with Gasteiger partial charge in [-0.15, -0.1) is 0 Å². The van der Waals surface area contributed by atoms with Crippen molar-refractivity contribution in [1.29, 1.82) is 0 Å². The maximum absolute atomic E-state index is 11.5. The number of carbonyl (C=O) groups is 1. The van der Waals surface area contributed by atoms with Crippen molar-refractivity contribution in [2.75, 3.05) is 13.7 Å². The molecule has 0 bridgehead atoms. The lowest BCUT2D eigenvalue weighted by molar-refractivity contribution is -0.142.